The van der Waals surface area contributed by atoms with Gasteiger partial charge in [-0.1, -0.05) is 18.6 Å². The van der Waals surface area contributed by atoms with Crippen LogP contribution >= 0.6 is 11.8 Å². The minimum Gasteiger partial charge on any atom is -0.462 e. The lowest BCUT2D eigenvalue weighted by Gasteiger charge is -2.27. The second-order valence-electron chi connectivity index (χ2n) is 10.5. The normalized spacial score (nSPS) is 17.3. The van der Waals surface area contributed by atoms with Gasteiger partial charge in [0, 0.05) is 31.5 Å². The Morgan fingerprint density at radius 2 is 1.95 bits per heavy atom. The number of carbonyl (C=O) groups is 2. The van der Waals surface area contributed by atoms with Crippen molar-refractivity contribution in [2.75, 3.05) is 24.6 Å². The number of halogens is 3. The molecule has 0 saturated carbocycles. The third-order valence-electron chi connectivity index (χ3n) is 5.86. The fourth-order valence-corrected chi connectivity index (χ4v) is 4.92. The van der Waals surface area contributed by atoms with Gasteiger partial charge in [0.2, 0.25) is 0 Å². The molecule has 0 spiro atoms. The molecule has 2 atom stereocenters. The molecule has 1 aromatic heterocycles. The summed E-state index contributed by atoms with van der Waals surface area (Å²) in [5.74, 6) is 0.204. The van der Waals surface area contributed by atoms with Crippen LogP contribution in [0.5, 0.6) is 0 Å². The zero-order valence-electron chi connectivity index (χ0n) is 23.2. The van der Waals surface area contributed by atoms with Crippen LogP contribution in [0.4, 0.5) is 23.8 Å². The van der Waals surface area contributed by atoms with Crippen molar-refractivity contribution in [1.29, 1.82) is 0 Å². The molecule has 1 saturated heterocycles. The molecule has 1 aromatic carbocycles. The van der Waals surface area contributed by atoms with Crippen LogP contribution in [0, 0.1) is 0 Å². The number of rotatable bonds is 11. The molecule has 1 fully saturated rings. The third kappa shape index (κ3) is 10.6. The van der Waals surface area contributed by atoms with E-state index in [0.29, 0.717) is 30.6 Å². The SMILES string of the molecule is CC(C)(C)OC(=O)N(CCCCCC(=O)OCC1OC(n2ccc(N)nc2=O)CS1)Cc1cccc(C(F)(F)F)c1. The van der Waals surface area contributed by atoms with Gasteiger partial charge >= 0.3 is 23.9 Å². The number of amides is 1. The number of benzene rings is 1. The molecule has 0 bridgehead atoms. The lowest BCUT2D eigenvalue weighted by Crippen LogP contribution is -2.37. The van der Waals surface area contributed by atoms with Crippen molar-refractivity contribution in [3.63, 3.8) is 0 Å². The molecule has 2 aromatic rings. The van der Waals surface area contributed by atoms with Crippen molar-refractivity contribution in [3.05, 3.63) is 58.1 Å². The lowest BCUT2D eigenvalue weighted by molar-refractivity contribution is -0.147. The summed E-state index contributed by atoms with van der Waals surface area (Å²) in [5, 5.41) is 0. The highest BCUT2D eigenvalue weighted by molar-refractivity contribution is 8.00. The van der Waals surface area contributed by atoms with Crippen LogP contribution in [0.2, 0.25) is 0 Å². The van der Waals surface area contributed by atoms with E-state index in [-0.39, 0.29) is 31.9 Å². The molecule has 1 aliphatic heterocycles. The Morgan fingerprint density at radius 3 is 2.63 bits per heavy atom. The van der Waals surface area contributed by atoms with Crippen molar-refractivity contribution >= 4 is 29.6 Å². The highest BCUT2D eigenvalue weighted by atomic mass is 32.2. The Kier molecular flexibility index (Phi) is 11.1. The number of hydrogen-bond donors (Lipinski definition) is 1. The highest BCUT2D eigenvalue weighted by Gasteiger charge is 2.31. The number of anilines is 1. The van der Waals surface area contributed by atoms with Crippen LogP contribution < -0.4 is 11.4 Å². The van der Waals surface area contributed by atoms with Crippen LogP contribution in [0.15, 0.2) is 41.3 Å². The number of thioether (sulfide) groups is 1. The van der Waals surface area contributed by atoms with E-state index >= 15 is 0 Å². The Balaban J connectivity index is 1.42. The van der Waals surface area contributed by atoms with Gasteiger partial charge in [-0.2, -0.15) is 18.2 Å². The standard InChI is InChI=1S/C27H35F3N4O6S/c1-26(2,3)40-25(37)33(15-18-8-7-9-19(14-18)27(28,29)30)12-6-4-5-10-22(35)38-16-23-39-21(17-41-23)34-13-11-20(31)32-24(34)36/h7-9,11,13-14,21,23H,4-6,10,12,15-17H2,1-3H3,(H2,31,32,36). The number of ether oxygens (including phenoxy) is 3. The fourth-order valence-electron chi connectivity index (χ4n) is 3.93. The first-order valence-corrected chi connectivity index (χ1v) is 14.2. The van der Waals surface area contributed by atoms with Gasteiger partial charge in [-0.15, -0.1) is 11.8 Å². The maximum atomic E-state index is 13.1. The number of nitrogen functional groups attached to an aromatic ring is 1. The monoisotopic (exact) mass is 600 g/mol. The van der Waals surface area contributed by atoms with Gasteiger partial charge in [0.05, 0.1) is 5.56 Å². The second-order valence-corrected chi connectivity index (χ2v) is 11.7. The number of carbonyl (C=O) groups excluding carboxylic acids is 2. The van der Waals surface area contributed by atoms with Crippen LogP contribution in [0.3, 0.4) is 0 Å². The molecule has 2 heterocycles. The average molecular weight is 601 g/mol. The molecule has 1 amide bonds. The van der Waals surface area contributed by atoms with E-state index in [2.05, 4.69) is 4.98 Å². The molecule has 41 heavy (non-hydrogen) atoms. The molecule has 226 valence electrons. The molecule has 2 unspecified atom stereocenters. The first-order chi connectivity index (χ1) is 19.2. The number of nitrogens with two attached hydrogens (primary N) is 1. The fraction of sp³-hybridized carbons (Fsp3) is 0.556. The quantitative estimate of drug-likeness (QED) is 0.281. The van der Waals surface area contributed by atoms with Crippen molar-refractivity contribution in [2.24, 2.45) is 0 Å². The van der Waals surface area contributed by atoms with Crippen molar-refractivity contribution in [2.45, 2.75) is 76.4 Å². The first kappa shape index (κ1) is 32.3. The second kappa shape index (κ2) is 14.1. The Bertz CT molecular complexity index is 1250. The molecular weight excluding hydrogens is 565 g/mol. The zero-order valence-corrected chi connectivity index (χ0v) is 24.0. The summed E-state index contributed by atoms with van der Waals surface area (Å²) in [5.41, 5.74) is 3.34. The van der Waals surface area contributed by atoms with Crippen LogP contribution in [-0.2, 0) is 31.7 Å². The number of esters is 1. The summed E-state index contributed by atoms with van der Waals surface area (Å²) >= 11 is 1.41. The van der Waals surface area contributed by atoms with Gasteiger partial charge in [-0.3, -0.25) is 9.36 Å². The van der Waals surface area contributed by atoms with Gasteiger partial charge in [0.1, 0.15) is 29.7 Å². The molecule has 1 aliphatic rings. The highest BCUT2D eigenvalue weighted by Crippen LogP contribution is 2.31. The summed E-state index contributed by atoms with van der Waals surface area (Å²) in [6.07, 6.45) is -2.39. The van der Waals surface area contributed by atoms with E-state index in [9.17, 15) is 27.6 Å². The number of nitrogens with zero attached hydrogens (tertiary/aromatic N) is 3. The molecule has 14 heteroatoms. The van der Waals surface area contributed by atoms with Gasteiger partial charge in [0.25, 0.3) is 0 Å². The maximum absolute atomic E-state index is 13.1. The molecule has 0 radical (unpaired) electrons. The number of hydrogen-bond acceptors (Lipinski definition) is 9. The number of aromatic nitrogens is 2. The summed E-state index contributed by atoms with van der Waals surface area (Å²) in [4.78, 5) is 42.0. The van der Waals surface area contributed by atoms with Crippen LogP contribution in [0.1, 0.15) is 63.8 Å². The van der Waals surface area contributed by atoms with Crippen molar-refractivity contribution < 1.29 is 37.0 Å². The van der Waals surface area contributed by atoms with E-state index in [4.69, 9.17) is 19.9 Å². The summed E-state index contributed by atoms with van der Waals surface area (Å²) < 4.78 is 57.2. The topological polar surface area (TPSA) is 126 Å². The molecule has 0 aliphatic carbocycles. The minimum atomic E-state index is -4.49. The Morgan fingerprint density at radius 1 is 1.20 bits per heavy atom. The van der Waals surface area contributed by atoms with E-state index in [1.165, 1.54) is 45.6 Å². The van der Waals surface area contributed by atoms with Crippen molar-refractivity contribution in [1.82, 2.24) is 14.5 Å². The predicted octanol–water partition coefficient (Wildman–Crippen LogP) is 4.97. The van der Waals surface area contributed by atoms with Gasteiger partial charge in [0.15, 0.2) is 0 Å². The van der Waals surface area contributed by atoms with Gasteiger partial charge in [-0.05, 0) is 57.4 Å². The van der Waals surface area contributed by atoms with E-state index in [0.717, 1.165) is 12.1 Å². The third-order valence-corrected chi connectivity index (χ3v) is 6.96. The molecule has 3 rings (SSSR count). The number of alkyl halides is 3. The van der Waals surface area contributed by atoms with Gasteiger partial charge < -0.3 is 24.8 Å². The predicted molar refractivity (Wildman–Crippen MR) is 147 cm³/mol. The Labute approximate surface area is 240 Å². The van der Waals surface area contributed by atoms with E-state index in [1.807, 2.05) is 0 Å². The van der Waals surface area contributed by atoms with Crippen LogP contribution in [0.25, 0.3) is 0 Å². The zero-order chi connectivity index (χ0) is 30.2. The van der Waals surface area contributed by atoms with E-state index < -0.39 is 46.8 Å². The number of unbranched alkanes of at least 4 members (excludes halogenated alkanes) is 2. The van der Waals surface area contributed by atoms with Crippen molar-refractivity contribution in [3.8, 4) is 0 Å². The average Bonchev–Trinajstić information content (AvgIpc) is 3.34. The molecule has 10 nitrogen and oxygen atoms in total. The lowest BCUT2D eigenvalue weighted by atomic mass is 10.1. The maximum Gasteiger partial charge on any atom is 0.416 e. The summed E-state index contributed by atoms with van der Waals surface area (Å²) in [7, 11) is 0. The van der Waals surface area contributed by atoms with E-state index in [1.54, 1.807) is 20.8 Å². The summed E-state index contributed by atoms with van der Waals surface area (Å²) in [6.45, 7) is 5.36. The van der Waals surface area contributed by atoms with Crippen LogP contribution in [-0.4, -0.2) is 56.5 Å². The molecule has 2 N–H and O–H groups in total. The smallest absolute Gasteiger partial charge is 0.416 e. The minimum absolute atomic E-state index is 0.0283. The summed E-state index contributed by atoms with van der Waals surface area (Å²) in [6, 6.07) is 6.34. The Hall–Kier alpha value is -3.26. The molecular formula is C27H35F3N4O6S. The first-order valence-electron chi connectivity index (χ1n) is 13.1. The van der Waals surface area contributed by atoms with Gasteiger partial charge in [-0.25, -0.2) is 9.59 Å². The largest absolute Gasteiger partial charge is 0.462 e.